The highest BCUT2D eigenvalue weighted by Crippen LogP contribution is 2.05. The van der Waals surface area contributed by atoms with E-state index in [0.29, 0.717) is 0 Å². The van der Waals surface area contributed by atoms with Gasteiger partial charge in [-0.3, -0.25) is 0 Å². The molecule has 0 aliphatic carbocycles. The molecule has 0 saturated carbocycles. The second-order valence-electron chi connectivity index (χ2n) is 4.43. The number of hydrogen-bond donors (Lipinski definition) is 0. The van der Waals surface area contributed by atoms with E-state index in [-0.39, 0.29) is 0 Å². The average molecular weight is 233 g/mol. The zero-order valence-corrected chi connectivity index (χ0v) is 10.8. The summed E-state index contributed by atoms with van der Waals surface area (Å²) >= 11 is 5.66. The predicted molar refractivity (Wildman–Crippen MR) is 67.7 cm³/mol. The Hall–Kier alpha value is 0.210. The van der Waals surface area contributed by atoms with Gasteiger partial charge in [-0.2, -0.15) is 0 Å². The van der Waals surface area contributed by atoms with Gasteiger partial charge >= 0.3 is 0 Å². The molecule has 0 unspecified atom stereocenters. The molecule has 0 aromatic carbocycles. The summed E-state index contributed by atoms with van der Waals surface area (Å²) in [5, 5.41) is 0. The molecule has 0 N–H and O–H groups in total. The number of nitrogens with zero attached hydrogens (tertiary/aromatic N) is 2. The molecule has 1 aliphatic rings. The van der Waals surface area contributed by atoms with E-state index in [1.54, 1.807) is 0 Å². The molecule has 0 bridgehead atoms. The summed E-state index contributed by atoms with van der Waals surface area (Å²) in [7, 11) is 0. The van der Waals surface area contributed by atoms with Crippen LogP contribution >= 0.6 is 11.6 Å². The van der Waals surface area contributed by atoms with Crippen LogP contribution in [0.25, 0.3) is 0 Å². The molecule has 0 aromatic rings. The predicted octanol–water partition coefficient (Wildman–Crippen LogP) is 2.42. The molecule has 1 heterocycles. The fraction of sp³-hybridized carbons (Fsp3) is 1.00. The SMILES string of the molecule is CCCN1CCN(CCCCCCl)CC1. The molecule has 90 valence electrons. The molecule has 2 nitrogen and oxygen atoms in total. The van der Waals surface area contributed by atoms with Gasteiger partial charge in [0.15, 0.2) is 0 Å². The normalized spacial score (nSPS) is 19.6. The molecular formula is C12H25ClN2. The highest BCUT2D eigenvalue weighted by Gasteiger charge is 2.14. The molecule has 1 fully saturated rings. The summed E-state index contributed by atoms with van der Waals surface area (Å²) in [5.41, 5.74) is 0. The number of piperazine rings is 1. The number of rotatable bonds is 7. The first-order valence-electron chi connectivity index (χ1n) is 6.37. The lowest BCUT2D eigenvalue weighted by molar-refractivity contribution is 0.131. The summed E-state index contributed by atoms with van der Waals surface area (Å²) in [6, 6.07) is 0. The first-order chi connectivity index (χ1) is 7.36. The molecule has 1 aliphatic heterocycles. The van der Waals surface area contributed by atoms with E-state index in [9.17, 15) is 0 Å². The largest absolute Gasteiger partial charge is 0.301 e. The van der Waals surface area contributed by atoms with Crippen molar-refractivity contribution >= 4 is 11.6 Å². The van der Waals surface area contributed by atoms with E-state index in [2.05, 4.69) is 16.7 Å². The molecule has 1 rings (SSSR count). The van der Waals surface area contributed by atoms with Gasteiger partial charge in [0.05, 0.1) is 0 Å². The van der Waals surface area contributed by atoms with Crippen molar-refractivity contribution in [2.45, 2.75) is 32.6 Å². The monoisotopic (exact) mass is 232 g/mol. The topological polar surface area (TPSA) is 6.48 Å². The Labute approximate surface area is 99.6 Å². The molecule has 3 heteroatoms. The minimum absolute atomic E-state index is 0.824. The second kappa shape index (κ2) is 8.37. The Morgan fingerprint density at radius 2 is 1.47 bits per heavy atom. The van der Waals surface area contributed by atoms with Gasteiger partial charge < -0.3 is 9.80 Å². The third kappa shape index (κ3) is 5.74. The van der Waals surface area contributed by atoms with Crippen LogP contribution in [0.15, 0.2) is 0 Å². The quantitative estimate of drug-likeness (QED) is 0.492. The van der Waals surface area contributed by atoms with Crippen LogP contribution in [0.1, 0.15) is 32.6 Å². The molecule has 0 atom stereocenters. The van der Waals surface area contributed by atoms with Crippen molar-refractivity contribution < 1.29 is 0 Å². The van der Waals surface area contributed by atoms with Gasteiger partial charge in [-0.25, -0.2) is 0 Å². The van der Waals surface area contributed by atoms with Crippen molar-refractivity contribution in [3.8, 4) is 0 Å². The molecule has 1 saturated heterocycles. The smallest absolute Gasteiger partial charge is 0.0223 e. The van der Waals surface area contributed by atoms with Gasteiger partial charge in [0.1, 0.15) is 0 Å². The number of alkyl halides is 1. The fourth-order valence-electron chi connectivity index (χ4n) is 2.16. The Morgan fingerprint density at radius 1 is 0.867 bits per heavy atom. The van der Waals surface area contributed by atoms with Gasteiger partial charge in [-0.15, -0.1) is 11.6 Å². The standard InChI is InChI=1S/C12H25ClN2/c1-2-7-14-9-11-15(12-10-14)8-5-3-4-6-13/h2-12H2,1H3. The first-order valence-corrected chi connectivity index (χ1v) is 6.91. The summed E-state index contributed by atoms with van der Waals surface area (Å²) < 4.78 is 0. The Balaban J connectivity index is 1.99. The van der Waals surface area contributed by atoms with E-state index < -0.39 is 0 Å². The summed E-state index contributed by atoms with van der Waals surface area (Å²) in [4.78, 5) is 5.18. The zero-order valence-electron chi connectivity index (χ0n) is 10.1. The van der Waals surface area contributed by atoms with Crippen LogP contribution in [0.2, 0.25) is 0 Å². The van der Waals surface area contributed by atoms with Crippen molar-refractivity contribution in [1.82, 2.24) is 9.80 Å². The van der Waals surface area contributed by atoms with Crippen LogP contribution in [0, 0.1) is 0 Å². The van der Waals surface area contributed by atoms with Crippen LogP contribution < -0.4 is 0 Å². The third-order valence-corrected chi connectivity index (χ3v) is 3.38. The number of halogens is 1. The van der Waals surface area contributed by atoms with Gasteiger partial charge in [-0.05, 0) is 32.4 Å². The van der Waals surface area contributed by atoms with E-state index >= 15 is 0 Å². The second-order valence-corrected chi connectivity index (χ2v) is 4.81. The van der Waals surface area contributed by atoms with Gasteiger partial charge in [0.25, 0.3) is 0 Å². The average Bonchev–Trinajstić information content (AvgIpc) is 2.27. The van der Waals surface area contributed by atoms with Crippen molar-refractivity contribution in [1.29, 1.82) is 0 Å². The van der Waals surface area contributed by atoms with Gasteiger partial charge in [0, 0.05) is 32.1 Å². The van der Waals surface area contributed by atoms with Gasteiger partial charge in [-0.1, -0.05) is 13.3 Å². The minimum Gasteiger partial charge on any atom is -0.301 e. The van der Waals surface area contributed by atoms with Crippen LogP contribution in [0.5, 0.6) is 0 Å². The summed E-state index contributed by atoms with van der Waals surface area (Å²) in [5.74, 6) is 0.824. The molecule has 0 spiro atoms. The molecule has 0 amide bonds. The zero-order chi connectivity index (χ0) is 10.9. The van der Waals surface area contributed by atoms with Crippen molar-refractivity contribution in [2.24, 2.45) is 0 Å². The number of unbranched alkanes of at least 4 members (excludes halogenated alkanes) is 2. The molecular weight excluding hydrogens is 208 g/mol. The Bertz CT molecular complexity index is 142. The Kier molecular flexibility index (Phi) is 7.41. The first kappa shape index (κ1) is 13.3. The third-order valence-electron chi connectivity index (χ3n) is 3.11. The van der Waals surface area contributed by atoms with Crippen LogP contribution in [-0.2, 0) is 0 Å². The highest BCUT2D eigenvalue weighted by atomic mass is 35.5. The molecule has 0 aromatic heterocycles. The molecule has 0 radical (unpaired) electrons. The van der Waals surface area contributed by atoms with Crippen LogP contribution in [0.4, 0.5) is 0 Å². The number of hydrogen-bond acceptors (Lipinski definition) is 2. The lowest BCUT2D eigenvalue weighted by Crippen LogP contribution is -2.46. The maximum absolute atomic E-state index is 5.66. The maximum Gasteiger partial charge on any atom is 0.0223 e. The van der Waals surface area contributed by atoms with Crippen molar-refractivity contribution in [2.75, 3.05) is 45.1 Å². The van der Waals surface area contributed by atoms with Gasteiger partial charge in [0.2, 0.25) is 0 Å². The minimum atomic E-state index is 0.824. The van der Waals surface area contributed by atoms with E-state index in [4.69, 9.17) is 11.6 Å². The summed E-state index contributed by atoms with van der Waals surface area (Å²) in [6.45, 7) is 9.88. The Morgan fingerprint density at radius 3 is 2.00 bits per heavy atom. The molecule has 15 heavy (non-hydrogen) atoms. The fourth-order valence-corrected chi connectivity index (χ4v) is 2.35. The van der Waals surface area contributed by atoms with Crippen LogP contribution in [-0.4, -0.2) is 54.9 Å². The lowest BCUT2D eigenvalue weighted by atomic mass is 10.2. The lowest BCUT2D eigenvalue weighted by Gasteiger charge is -2.34. The van der Waals surface area contributed by atoms with Crippen molar-refractivity contribution in [3.05, 3.63) is 0 Å². The van der Waals surface area contributed by atoms with Crippen molar-refractivity contribution in [3.63, 3.8) is 0 Å². The van der Waals surface area contributed by atoms with E-state index in [1.165, 1.54) is 65.0 Å². The highest BCUT2D eigenvalue weighted by molar-refractivity contribution is 6.17. The summed E-state index contributed by atoms with van der Waals surface area (Å²) in [6.07, 6.45) is 5.08. The maximum atomic E-state index is 5.66. The van der Waals surface area contributed by atoms with E-state index in [1.807, 2.05) is 0 Å². The van der Waals surface area contributed by atoms with E-state index in [0.717, 1.165) is 5.88 Å². The van der Waals surface area contributed by atoms with Crippen LogP contribution in [0.3, 0.4) is 0 Å².